The van der Waals surface area contributed by atoms with Crippen LogP contribution in [0, 0.1) is 5.92 Å². The topological polar surface area (TPSA) is 12.5 Å². The molecule has 1 rings (SSSR count). The Labute approximate surface area is 115 Å². The third kappa shape index (κ3) is 4.64. The molecule has 3 atom stereocenters. The summed E-state index contributed by atoms with van der Waals surface area (Å²) >= 11 is 0. The van der Waals surface area contributed by atoms with Crippen molar-refractivity contribution in [3.05, 3.63) is 60.0 Å². The summed E-state index contributed by atoms with van der Waals surface area (Å²) in [5.74, 6) is 0.110. The lowest BCUT2D eigenvalue weighted by Gasteiger charge is -2.05. The molecule has 0 N–H and O–H groups in total. The van der Waals surface area contributed by atoms with Gasteiger partial charge in [0, 0.05) is 5.92 Å². The van der Waals surface area contributed by atoms with Gasteiger partial charge < -0.3 is 4.74 Å². The molecule has 0 spiro atoms. The van der Waals surface area contributed by atoms with E-state index in [1.807, 2.05) is 38.2 Å². The Morgan fingerprint density at radius 2 is 2.00 bits per heavy atom. The second-order valence-electron chi connectivity index (χ2n) is 4.79. The van der Waals surface area contributed by atoms with Crippen LogP contribution in [-0.2, 0) is 4.74 Å². The normalized spacial score (nSPS) is 26.2. The van der Waals surface area contributed by atoms with Gasteiger partial charge in [-0.05, 0) is 38.0 Å². The van der Waals surface area contributed by atoms with E-state index in [4.69, 9.17) is 4.74 Å². The smallest absolute Gasteiger partial charge is 0.110 e. The first-order valence-electron chi connectivity index (χ1n) is 6.65. The van der Waals surface area contributed by atoms with E-state index in [-0.39, 0.29) is 18.0 Å². The van der Waals surface area contributed by atoms with Crippen LogP contribution in [0.3, 0.4) is 0 Å². The monoisotopic (exact) mass is 262 g/mol. The molecule has 0 aromatic heterocycles. The van der Waals surface area contributed by atoms with Gasteiger partial charge in [-0.2, -0.15) is 0 Å². The van der Waals surface area contributed by atoms with Crippen molar-refractivity contribution in [3.63, 3.8) is 0 Å². The number of hydrogen-bond donors (Lipinski definition) is 0. The molecule has 1 aliphatic heterocycles. The minimum absolute atomic E-state index is 0.00653. The zero-order valence-electron chi connectivity index (χ0n) is 12.2. The van der Waals surface area contributed by atoms with E-state index in [1.54, 1.807) is 0 Å². The molecule has 104 valence electrons. The third-order valence-electron chi connectivity index (χ3n) is 3.14. The zero-order valence-corrected chi connectivity index (χ0v) is 12.2. The van der Waals surface area contributed by atoms with Gasteiger partial charge >= 0.3 is 0 Å². The van der Waals surface area contributed by atoms with Gasteiger partial charge in [-0.3, -0.25) is 0 Å². The van der Waals surface area contributed by atoms with E-state index < -0.39 is 0 Å². The molecule has 0 saturated carbocycles. The van der Waals surface area contributed by atoms with Crippen molar-refractivity contribution in [2.24, 2.45) is 5.92 Å². The maximum Gasteiger partial charge on any atom is 0.110 e. The lowest BCUT2D eigenvalue weighted by molar-refractivity contribution is 0.356. The zero-order chi connectivity index (χ0) is 14.4. The van der Waals surface area contributed by atoms with Gasteiger partial charge in [-0.1, -0.05) is 43.9 Å². The van der Waals surface area contributed by atoms with Crippen LogP contribution in [0.5, 0.6) is 0 Å². The fourth-order valence-electron chi connectivity index (χ4n) is 2.00. The summed E-state index contributed by atoms with van der Waals surface area (Å²) in [4.78, 5) is 0. The van der Waals surface area contributed by atoms with Gasteiger partial charge in [0.25, 0.3) is 0 Å². The van der Waals surface area contributed by atoms with Crippen molar-refractivity contribution >= 4 is 0 Å². The number of hydrogen-bond acceptors (Lipinski definition) is 1. The van der Waals surface area contributed by atoms with E-state index in [0.29, 0.717) is 5.92 Å². The standard InChI is InChI=1S/C17H23FO/c1-6-8-9-10-12(3)16-17(19-16)14(5)15(7-2)11-13(4)18/h6-12,16-17H,5H2,1-4H3/b8-6-,10-9-,13-11+,15-7+. The number of ether oxygens (including phenoxy) is 1. The highest BCUT2D eigenvalue weighted by molar-refractivity contribution is 5.43. The Kier molecular flexibility index (Phi) is 5.97. The molecule has 0 bridgehead atoms. The summed E-state index contributed by atoms with van der Waals surface area (Å²) in [6.07, 6.45) is 11.6. The number of allylic oxidation sites excluding steroid dienone is 6. The average Bonchev–Trinajstić information content (AvgIpc) is 3.15. The second-order valence-corrected chi connectivity index (χ2v) is 4.79. The molecule has 1 fully saturated rings. The molecule has 0 aromatic rings. The van der Waals surface area contributed by atoms with Crippen LogP contribution in [0.1, 0.15) is 27.7 Å². The minimum atomic E-state index is -0.215. The molecular weight excluding hydrogens is 239 g/mol. The van der Waals surface area contributed by atoms with Gasteiger partial charge in [0.1, 0.15) is 6.10 Å². The first-order chi connectivity index (χ1) is 9.01. The SMILES string of the molecule is C=C(C(/C=C(\C)F)=C/C)C1OC1C(C)/C=C\C=C/C. The molecule has 1 heterocycles. The van der Waals surface area contributed by atoms with Crippen molar-refractivity contribution in [1.82, 2.24) is 0 Å². The molecule has 1 saturated heterocycles. The Balaban J connectivity index is 2.61. The van der Waals surface area contributed by atoms with Crippen LogP contribution in [0.2, 0.25) is 0 Å². The molecular formula is C17H23FO. The molecule has 0 aliphatic carbocycles. The van der Waals surface area contributed by atoms with E-state index in [0.717, 1.165) is 11.1 Å². The van der Waals surface area contributed by atoms with Crippen molar-refractivity contribution in [3.8, 4) is 0 Å². The number of halogens is 1. The summed E-state index contributed by atoms with van der Waals surface area (Å²) in [7, 11) is 0. The Hall–Kier alpha value is -1.41. The molecule has 0 aromatic carbocycles. The van der Waals surface area contributed by atoms with Crippen LogP contribution in [0.15, 0.2) is 60.0 Å². The summed E-state index contributed by atoms with van der Waals surface area (Å²) in [6, 6.07) is 0. The van der Waals surface area contributed by atoms with Crippen LogP contribution >= 0.6 is 0 Å². The maximum absolute atomic E-state index is 13.0. The van der Waals surface area contributed by atoms with Crippen molar-refractivity contribution in [1.29, 1.82) is 0 Å². The lowest BCUT2D eigenvalue weighted by Crippen LogP contribution is -2.06. The first-order valence-corrected chi connectivity index (χ1v) is 6.65. The van der Waals surface area contributed by atoms with Crippen molar-refractivity contribution in [2.75, 3.05) is 0 Å². The fourth-order valence-corrected chi connectivity index (χ4v) is 2.00. The molecule has 19 heavy (non-hydrogen) atoms. The lowest BCUT2D eigenvalue weighted by atomic mass is 9.96. The Morgan fingerprint density at radius 3 is 2.53 bits per heavy atom. The van der Waals surface area contributed by atoms with Crippen LogP contribution in [0.25, 0.3) is 0 Å². The largest absolute Gasteiger partial charge is 0.364 e. The summed E-state index contributed by atoms with van der Waals surface area (Å²) in [5.41, 5.74) is 1.67. The highest BCUT2D eigenvalue weighted by atomic mass is 19.1. The van der Waals surface area contributed by atoms with E-state index in [1.165, 1.54) is 13.0 Å². The van der Waals surface area contributed by atoms with E-state index in [2.05, 4.69) is 19.6 Å². The van der Waals surface area contributed by atoms with Gasteiger partial charge in [0.2, 0.25) is 0 Å². The Bertz CT molecular complexity index is 436. The van der Waals surface area contributed by atoms with E-state index >= 15 is 0 Å². The fraction of sp³-hybridized carbons (Fsp3) is 0.412. The quantitative estimate of drug-likeness (QED) is 0.490. The van der Waals surface area contributed by atoms with Gasteiger partial charge in [0.05, 0.1) is 11.9 Å². The molecule has 1 aliphatic rings. The molecule has 2 heteroatoms. The first kappa shape index (κ1) is 15.6. The van der Waals surface area contributed by atoms with Gasteiger partial charge in [-0.15, -0.1) is 0 Å². The number of rotatable bonds is 6. The maximum atomic E-state index is 13.0. The Morgan fingerprint density at radius 1 is 1.32 bits per heavy atom. The van der Waals surface area contributed by atoms with Crippen LogP contribution < -0.4 is 0 Å². The predicted molar refractivity (Wildman–Crippen MR) is 79.5 cm³/mol. The molecule has 1 nitrogen and oxygen atoms in total. The minimum Gasteiger partial charge on any atom is -0.364 e. The highest BCUT2D eigenvalue weighted by Crippen LogP contribution is 2.38. The molecule has 0 radical (unpaired) electrons. The van der Waals surface area contributed by atoms with Crippen LogP contribution in [-0.4, -0.2) is 12.2 Å². The second kappa shape index (κ2) is 7.25. The van der Waals surface area contributed by atoms with Gasteiger partial charge in [0.15, 0.2) is 0 Å². The van der Waals surface area contributed by atoms with Crippen molar-refractivity contribution < 1.29 is 9.13 Å². The highest BCUT2D eigenvalue weighted by Gasteiger charge is 2.44. The number of epoxide rings is 1. The molecule has 3 unspecified atom stereocenters. The van der Waals surface area contributed by atoms with Crippen molar-refractivity contribution in [2.45, 2.75) is 39.9 Å². The van der Waals surface area contributed by atoms with E-state index in [9.17, 15) is 4.39 Å². The summed E-state index contributed by atoms with van der Waals surface area (Å²) in [5, 5.41) is 0. The average molecular weight is 262 g/mol. The molecule has 0 amide bonds. The predicted octanol–water partition coefficient (Wildman–Crippen LogP) is 4.90. The third-order valence-corrected chi connectivity index (χ3v) is 3.14. The van der Waals surface area contributed by atoms with Crippen LogP contribution in [0.4, 0.5) is 4.39 Å². The summed E-state index contributed by atoms with van der Waals surface area (Å²) < 4.78 is 18.6. The van der Waals surface area contributed by atoms with Gasteiger partial charge in [-0.25, -0.2) is 4.39 Å². The summed E-state index contributed by atoms with van der Waals surface area (Å²) in [6.45, 7) is 11.4.